The van der Waals surface area contributed by atoms with Gasteiger partial charge in [0, 0.05) is 6.04 Å². The number of aryl methyl sites for hydroxylation is 2. The maximum Gasteiger partial charge on any atom is 0.00696 e. The standard InChI is InChI=1S/C18H29N/c1-4-19-17-11-6-5-10-16(12-17)13-18-14(2)8-7-9-15(18)3/h7-9,16-17,19H,4-6,10-13H2,1-3H3. The molecule has 0 aromatic heterocycles. The molecule has 1 aliphatic rings. The zero-order valence-corrected chi connectivity index (χ0v) is 12.8. The molecule has 19 heavy (non-hydrogen) atoms. The van der Waals surface area contributed by atoms with E-state index in [1.807, 2.05) is 0 Å². The Bertz CT molecular complexity index is 376. The lowest BCUT2D eigenvalue weighted by molar-refractivity contribution is 0.388. The van der Waals surface area contributed by atoms with Crippen LogP contribution in [0, 0.1) is 19.8 Å². The van der Waals surface area contributed by atoms with Gasteiger partial charge in [0.25, 0.3) is 0 Å². The molecular formula is C18H29N. The summed E-state index contributed by atoms with van der Waals surface area (Å²) < 4.78 is 0. The third kappa shape index (κ3) is 4.07. The van der Waals surface area contributed by atoms with Crippen LogP contribution in [0.25, 0.3) is 0 Å². The van der Waals surface area contributed by atoms with Crippen molar-refractivity contribution >= 4 is 0 Å². The molecule has 0 radical (unpaired) electrons. The first-order valence-corrected chi connectivity index (χ1v) is 7.99. The van der Waals surface area contributed by atoms with Crippen LogP contribution < -0.4 is 5.32 Å². The van der Waals surface area contributed by atoms with E-state index in [0.717, 1.165) is 18.5 Å². The summed E-state index contributed by atoms with van der Waals surface area (Å²) in [5, 5.41) is 3.67. The highest BCUT2D eigenvalue weighted by molar-refractivity contribution is 5.33. The Labute approximate surface area is 118 Å². The van der Waals surface area contributed by atoms with E-state index < -0.39 is 0 Å². The largest absolute Gasteiger partial charge is 0.314 e. The minimum atomic E-state index is 0.752. The Kier molecular flexibility index (Phi) is 5.45. The first-order valence-electron chi connectivity index (χ1n) is 7.99. The summed E-state index contributed by atoms with van der Waals surface area (Å²) in [5.41, 5.74) is 4.55. The molecule has 1 heteroatoms. The fraction of sp³-hybridized carbons (Fsp3) is 0.667. The predicted octanol–water partition coefficient (Wildman–Crippen LogP) is 4.40. The van der Waals surface area contributed by atoms with Gasteiger partial charge >= 0.3 is 0 Å². The number of nitrogens with one attached hydrogen (secondary N) is 1. The van der Waals surface area contributed by atoms with E-state index in [1.54, 1.807) is 5.56 Å². The summed E-state index contributed by atoms with van der Waals surface area (Å²) in [6.45, 7) is 7.87. The fourth-order valence-corrected chi connectivity index (χ4v) is 3.58. The summed E-state index contributed by atoms with van der Waals surface area (Å²) in [6.07, 6.45) is 8.24. The Morgan fingerprint density at radius 1 is 1.11 bits per heavy atom. The molecule has 0 spiro atoms. The van der Waals surface area contributed by atoms with Crippen molar-refractivity contribution < 1.29 is 0 Å². The van der Waals surface area contributed by atoms with Crippen molar-refractivity contribution in [3.05, 3.63) is 34.9 Å². The maximum absolute atomic E-state index is 3.67. The molecule has 1 fully saturated rings. The molecule has 0 saturated heterocycles. The lowest BCUT2D eigenvalue weighted by atomic mass is 9.87. The van der Waals surface area contributed by atoms with Crippen LogP contribution in [0.15, 0.2) is 18.2 Å². The van der Waals surface area contributed by atoms with Gasteiger partial charge in [-0.15, -0.1) is 0 Å². The van der Waals surface area contributed by atoms with E-state index in [1.165, 1.54) is 49.7 Å². The smallest absolute Gasteiger partial charge is 0.00696 e. The van der Waals surface area contributed by atoms with Gasteiger partial charge in [-0.25, -0.2) is 0 Å². The van der Waals surface area contributed by atoms with Crippen LogP contribution in [-0.2, 0) is 6.42 Å². The second kappa shape index (κ2) is 7.09. The number of hydrogen-bond acceptors (Lipinski definition) is 1. The number of hydrogen-bond donors (Lipinski definition) is 1. The van der Waals surface area contributed by atoms with Crippen LogP contribution in [-0.4, -0.2) is 12.6 Å². The second-order valence-corrected chi connectivity index (χ2v) is 6.22. The minimum absolute atomic E-state index is 0.752. The van der Waals surface area contributed by atoms with E-state index in [0.29, 0.717) is 0 Å². The maximum atomic E-state index is 3.67. The van der Waals surface area contributed by atoms with E-state index in [4.69, 9.17) is 0 Å². The molecule has 1 N–H and O–H groups in total. The Morgan fingerprint density at radius 3 is 2.47 bits per heavy atom. The van der Waals surface area contributed by atoms with Gasteiger partial charge in [-0.2, -0.15) is 0 Å². The molecule has 0 bridgehead atoms. The topological polar surface area (TPSA) is 12.0 Å². The highest BCUT2D eigenvalue weighted by Gasteiger charge is 2.20. The molecule has 0 heterocycles. The van der Waals surface area contributed by atoms with E-state index in [9.17, 15) is 0 Å². The third-order valence-corrected chi connectivity index (χ3v) is 4.66. The Balaban J connectivity index is 2.04. The third-order valence-electron chi connectivity index (χ3n) is 4.66. The normalized spacial score (nSPS) is 24.2. The molecule has 106 valence electrons. The predicted molar refractivity (Wildman–Crippen MR) is 83.7 cm³/mol. The lowest BCUT2D eigenvalue weighted by Gasteiger charge is -2.22. The van der Waals surface area contributed by atoms with Gasteiger partial charge < -0.3 is 5.32 Å². The molecule has 1 aliphatic carbocycles. The van der Waals surface area contributed by atoms with Crippen molar-refractivity contribution in [1.29, 1.82) is 0 Å². The first kappa shape index (κ1) is 14.6. The number of benzene rings is 1. The zero-order valence-electron chi connectivity index (χ0n) is 12.8. The Morgan fingerprint density at radius 2 is 1.79 bits per heavy atom. The Hall–Kier alpha value is -0.820. The van der Waals surface area contributed by atoms with E-state index in [-0.39, 0.29) is 0 Å². The molecule has 2 atom stereocenters. The molecule has 1 aromatic rings. The van der Waals surface area contributed by atoms with Crippen LogP contribution in [0.4, 0.5) is 0 Å². The average Bonchev–Trinajstić information content (AvgIpc) is 2.60. The van der Waals surface area contributed by atoms with E-state index in [2.05, 4.69) is 44.3 Å². The lowest BCUT2D eigenvalue weighted by Crippen LogP contribution is -2.30. The summed E-state index contributed by atoms with van der Waals surface area (Å²) in [6, 6.07) is 7.46. The molecule has 1 nitrogen and oxygen atoms in total. The van der Waals surface area contributed by atoms with Crippen LogP contribution in [0.3, 0.4) is 0 Å². The van der Waals surface area contributed by atoms with Crippen molar-refractivity contribution in [2.75, 3.05) is 6.54 Å². The van der Waals surface area contributed by atoms with Crippen molar-refractivity contribution in [3.8, 4) is 0 Å². The summed E-state index contributed by atoms with van der Waals surface area (Å²) >= 11 is 0. The molecule has 1 saturated carbocycles. The summed E-state index contributed by atoms with van der Waals surface area (Å²) in [4.78, 5) is 0. The van der Waals surface area contributed by atoms with Crippen molar-refractivity contribution in [1.82, 2.24) is 5.32 Å². The van der Waals surface area contributed by atoms with Gasteiger partial charge in [-0.3, -0.25) is 0 Å². The number of rotatable bonds is 4. The molecule has 2 unspecified atom stereocenters. The van der Waals surface area contributed by atoms with Crippen LogP contribution in [0.2, 0.25) is 0 Å². The summed E-state index contributed by atoms with van der Waals surface area (Å²) in [7, 11) is 0. The average molecular weight is 259 g/mol. The van der Waals surface area contributed by atoms with Gasteiger partial charge in [0.1, 0.15) is 0 Å². The molecule has 0 aliphatic heterocycles. The summed E-state index contributed by atoms with van der Waals surface area (Å²) in [5.74, 6) is 0.867. The van der Waals surface area contributed by atoms with Crippen molar-refractivity contribution in [3.63, 3.8) is 0 Å². The van der Waals surface area contributed by atoms with Gasteiger partial charge in [0.15, 0.2) is 0 Å². The fourth-order valence-electron chi connectivity index (χ4n) is 3.58. The van der Waals surface area contributed by atoms with Gasteiger partial charge in [-0.1, -0.05) is 44.4 Å². The molecular weight excluding hydrogens is 230 g/mol. The monoisotopic (exact) mass is 259 g/mol. The first-order chi connectivity index (χ1) is 9.20. The van der Waals surface area contributed by atoms with Crippen LogP contribution in [0.1, 0.15) is 55.7 Å². The highest BCUT2D eigenvalue weighted by atomic mass is 14.9. The van der Waals surface area contributed by atoms with Gasteiger partial charge in [0.05, 0.1) is 0 Å². The highest BCUT2D eigenvalue weighted by Crippen LogP contribution is 2.28. The van der Waals surface area contributed by atoms with Gasteiger partial charge in [-0.05, 0) is 62.3 Å². The second-order valence-electron chi connectivity index (χ2n) is 6.22. The van der Waals surface area contributed by atoms with Crippen molar-refractivity contribution in [2.24, 2.45) is 5.92 Å². The van der Waals surface area contributed by atoms with Crippen LogP contribution in [0.5, 0.6) is 0 Å². The van der Waals surface area contributed by atoms with Crippen molar-refractivity contribution in [2.45, 2.75) is 65.3 Å². The minimum Gasteiger partial charge on any atom is -0.314 e. The van der Waals surface area contributed by atoms with Crippen LogP contribution >= 0.6 is 0 Å². The molecule has 2 rings (SSSR count). The quantitative estimate of drug-likeness (QED) is 0.790. The zero-order chi connectivity index (χ0) is 13.7. The van der Waals surface area contributed by atoms with E-state index >= 15 is 0 Å². The molecule has 0 amide bonds. The van der Waals surface area contributed by atoms with Gasteiger partial charge in [0.2, 0.25) is 0 Å². The SMILES string of the molecule is CCNC1CCCCC(Cc2c(C)cccc2C)C1. The molecule has 1 aromatic carbocycles.